The average Bonchev–Trinajstić information content (AvgIpc) is 3.17. The molecule has 2 aliphatic rings. The molecule has 168 valence electrons. The first kappa shape index (κ1) is 22.6. The van der Waals surface area contributed by atoms with Crippen molar-refractivity contribution in [2.24, 2.45) is 0 Å². The van der Waals surface area contributed by atoms with Crippen LogP contribution in [0.2, 0.25) is 0 Å². The highest BCUT2D eigenvalue weighted by atomic mass is 16.6. The summed E-state index contributed by atoms with van der Waals surface area (Å²) in [7, 11) is 0. The fourth-order valence-electron chi connectivity index (χ4n) is 3.79. The third kappa shape index (κ3) is 6.44. The maximum absolute atomic E-state index is 12.3. The second-order valence-corrected chi connectivity index (χ2v) is 7.72. The molecule has 9 heteroatoms. The fraction of sp³-hybridized carbons (Fsp3) is 0.545. The molecule has 9 nitrogen and oxygen atoms in total. The topological polar surface area (TPSA) is 105 Å². The molecule has 0 atom stereocenters. The van der Waals surface area contributed by atoms with Gasteiger partial charge in [-0.25, -0.2) is 9.59 Å². The summed E-state index contributed by atoms with van der Waals surface area (Å²) >= 11 is 0. The van der Waals surface area contributed by atoms with Crippen molar-refractivity contribution in [1.29, 1.82) is 0 Å². The summed E-state index contributed by atoms with van der Waals surface area (Å²) in [6.45, 7) is 3.94. The summed E-state index contributed by atoms with van der Waals surface area (Å²) in [5, 5.41) is 2.84. The van der Waals surface area contributed by atoms with Gasteiger partial charge < -0.3 is 24.6 Å². The number of nitrogens with one attached hydrogen (secondary N) is 1. The molecule has 31 heavy (non-hydrogen) atoms. The van der Waals surface area contributed by atoms with E-state index in [1.807, 2.05) is 6.07 Å². The maximum Gasteiger partial charge on any atom is 0.409 e. The van der Waals surface area contributed by atoms with Crippen LogP contribution in [-0.2, 0) is 25.6 Å². The van der Waals surface area contributed by atoms with Crippen LogP contribution in [0.15, 0.2) is 24.3 Å². The third-order valence-electron chi connectivity index (χ3n) is 5.43. The van der Waals surface area contributed by atoms with Crippen molar-refractivity contribution in [3.63, 3.8) is 0 Å². The van der Waals surface area contributed by atoms with Gasteiger partial charge in [0, 0.05) is 38.6 Å². The minimum atomic E-state index is -0.582. The van der Waals surface area contributed by atoms with E-state index in [0.29, 0.717) is 51.1 Å². The van der Waals surface area contributed by atoms with Crippen LogP contribution in [0.5, 0.6) is 0 Å². The highest BCUT2D eigenvalue weighted by Crippen LogP contribution is 2.16. The van der Waals surface area contributed by atoms with E-state index in [0.717, 1.165) is 18.5 Å². The molecule has 1 aromatic carbocycles. The Balaban J connectivity index is 1.41. The molecule has 0 spiro atoms. The van der Waals surface area contributed by atoms with E-state index in [2.05, 4.69) is 5.32 Å². The lowest BCUT2D eigenvalue weighted by molar-refractivity contribution is -0.128. The van der Waals surface area contributed by atoms with Crippen LogP contribution in [0.4, 0.5) is 4.79 Å². The number of hydrogen-bond acceptors (Lipinski definition) is 6. The summed E-state index contributed by atoms with van der Waals surface area (Å²) in [4.78, 5) is 51.4. The predicted molar refractivity (Wildman–Crippen MR) is 111 cm³/mol. The molecule has 3 rings (SSSR count). The van der Waals surface area contributed by atoms with Crippen molar-refractivity contribution in [1.82, 2.24) is 15.1 Å². The SMILES string of the molecule is CCOC(=O)N1CCC(NC(=O)COC(=O)c2cccc(CN3CCCC3=O)c2)CC1. The molecule has 0 radical (unpaired) electrons. The Bertz CT molecular complexity index is 819. The minimum absolute atomic E-state index is 0.0711. The number of amides is 3. The average molecular weight is 431 g/mol. The quantitative estimate of drug-likeness (QED) is 0.659. The number of likely N-dealkylation sites (tertiary alicyclic amines) is 2. The van der Waals surface area contributed by atoms with Gasteiger partial charge in [0.25, 0.3) is 5.91 Å². The lowest BCUT2D eigenvalue weighted by Crippen LogP contribution is -2.47. The molecule has 1 aromatic rings. The third-order valence-corrected chi connectivity index (χ3v) is 5.43. The Labute approximate surface area is 181 Å². The first-order valence-corrected chi connectivity index (χ1v) is 10.7. The van der Waals surface area contributed by atoms with Crippen LogP contribution in [0, 0.1) is 0 Å². The van der Waals surface area contributed by atoms with E-state index < -0.39 is 5.97 Å². The molecule has 0 unspecified atom stereocenters. The van der Waals surface area contributed by atoms with Gasteiger partial charge in [-0.1, -0.05) is 12.1 Å². The van der Waals surface area contributed by atoms with Gasteiger partial charge in [-0.05, 0) is 43.9 Å². The van der Waals surface area contributed by atoms with Crippen LogP contribution in [0.1, 0.15) is 48.5 Å². The van der Waals surface area contributed by atoms with Crippen LogP contribution in [0.3, 0.4) is 0 Å². The van der Waals surface area contributed by atoms with E-state index >= 15 is 0 Å². The molecule has 2 aliphatic heterocycles. The van der Waals surface area contributed by atoms with Crippen molar-refractivity contribution in [2.45, 2.75) is 45.2 Å². The Morgan fingerprint density at radius 1 is 1.13 bits per heavy atom. The summed E-state index contributed by atoms with van der Waals surface area (Å²) in [6.07, 6.45) is 2.33. The zero-order valence-corrected chi connectivity index (χ0v) is 17.8. The van der Waals surface area contributed by atoms with E-state index in [-0.39, 0.29) is 30.6 Å². The number of ether oxygens (including phenoxy) is 2. The second-order valence-electron chi connectivity index (χ2n) is 7.72. The number of carbonyl (C=O) groups excluding carboxylic acids is 4. The van der Waals surface area contributed by atoms with Crippen molar-refractivity contribution < 1.29 is 28.7 Å². The Hall–Kier alpha value is -3.10. The minimum Gasteiger partial charge on any atom is -0.452 e. The molecule has 0 aromatic heterocycles. The summed E-state index contributed by atoms with van der Waals surface area (Å²) in [5.41, 5.74) is 1.20. The van der Waals surface area contributed by atoms with Gasteiger partial charge in [0.2, 0.25) is 5.91 Å². The molecule has 2 heterocycles. The van der Waals surface area contributed by atoms with E-state index in [1.165, 1.54) is 0 Å². The zero-order valence-electron chi connectivity index (χ0n) is 17.8. The number of nitrogens with zero attached hydrogens (tertiary/aromatic N) is 2. The fourth-order valence-corrected chi connectivity index (χ4v) is 3.79. The summed E-state index contributed by atoms with van der Waals surface area (Å²) in [5.74, 6) is -0.832. The molecule has 0 saturated carbocycles. The number of piperidine rings is 1. The Kier molecular flexibility index (Phi) is 7.86. The van der Waals surface area contributed by atoms with Gasteiger partial charge >= 0.3 is 12.1 Å². The molecule has 3 amide bonds. The van der Waals surface area contributed by atoms with Crippen molar-refractivity contribution in [2.75, 3.05) is 32.8 Å². The highest BCUT2D eigenvalue weighted by molar-refractivity contribution is 5.91. The highest BCUT2D eigenvalue weighted by Gasteiger charge is 2.25. The zero-order chi connectivity index (χ0) is 22.2. The number of esters is 1. The number of hydrogen-bond donors (Lipinski definition) is 1. The Morgan fingerprint density at radius 3 is 2.58 bits per heavy atom. The van der Waals surface area contributed by atoms with Gasteiger partial charge in [-0.15, -0.1) is 0 Å². The molecule has 1 N–H and O–H groups in total. The van der Waals surface area contributed by atoms with Gasteiger partial charge in [-0.3, -0.25) is 9.59 Å². The van der Waals surface area contributed by atoms with Crippen molar-refractivity contribution >= 4 is 23.9 Å². The number of benzene rings is 1. The van der Waals surface area contributed by atoms with Crippen LogP contribution in [0.25, 0.3) is 0 Å². The monoisotopic (exact) mass is 431 g/mol. The normalized spacial score (nSPS) is 16.9. The predicted octanol–water partition coefficient (Wildman–Crippen LogP) is 1.70. The first-order chi connectivity index (χ1) is 15.0. The summed E-state index contributed by atoms with van der Waals surface area (Å²) in [6, 6.07) is 6.84. The summed E-state index contributed by atoms with van der Waals surface area (Å²) < 4.78 is 10.1. The lowest BCUT2D eigenvalue weighted by Gasteiger charge is -2.31. The van der Waals surface area contributed by atoms with E-state index in [4.69, 9.17) is 9.47 Å². The molecule has 2 saturated heterocycles. The number of rotatable bonds is 7. The standard InChI is InChI=1S/C22H29N3O6/c1-2-30-22(29)24-11-8-18(9-12-24)23-19(26)15-31-21(28)17-6-3-5-16(13-17)14-25-10-4-7-20(25)27/h3,5-6,13,18H,2,4,7-12,14-15H2,1H3,(H,23,26). The molecule has 0 bridgehead atoms. The van der Waals surface area contributed by atoms with Crippen LogP contribution >= 0.6 is 0 Å². The lowest BCUT2D eigenvalue weighted by atomic mass is 10.1. The molecule has 2 fully saturated rings. The van der Waals surface area contributed by atoms with Gasteiger partial charge in [0.1, 0.15) is 0 Å². The molecular weight excluding hydrogens is 402 g/mol. The number of carbonyl (C=O) groups is 4. The Morgan fingerprint density at radius 2 is 1.90 bits per heavy atom. The van der Waals surface area contributed by atoms with Crippen molar-refractivity contribution in [3.05, 3.63) is 35.4 Å². The molecule has 0 aliphatic carbocycles. The van der Waals surface area contributed by atoms with Gasteiger partial charge in [-0.2, -0.15) is 0 Å². The van der Waals surface area contributed by atoms with Crippen molar-refractivity contribution in [3.8, 4) is 0 Å². The van der Waals surface area contributed by atoms with Crippen LogP contribution in [-0.4, -0.2) is 72.6 Å². The molecular formula is C22H29N3O6. The van der Waals surface area contributed by atoms with Gasteiger partial charge in [0.15, 0.2) is 6.61 Å². The second kappa shape index (κ2) is 10.8. The van der Waals surface area contributed by atoms with E-state index in [1.54, 1.807) is 34.9 Å². The first-order valence-electron chi connectivity index (χ1n) is 10.7. The maximum atomic E-state index is 12.3. The van der Waals surface area contributed by atoms with E-state index in [9.17, 15) is 19.2 Å². The largest absolute Gasteiger partial charge is 0.452 e. The van der Waals surface area contributed by atoms with Crippen LogP contribution < -0.4 is 5.32 Å². The smallest absolute Gasteiger partial charge is 0.409 e. The van der Waals surface area contributed by atoms with Gasteiger partial charge in [0.05, 0.1) is 12.2 Å².